The van der Waals surface area contributed by atoms with Crippen LogP contribution in [0.2, 0.25) is 0 Å². The lowest BCUT2D eigenvalue weighted by Crippen LogP contribution is -2.58. The highest BCUT2D eigenvalue weighted by Crippen LogP contribution is 2.36. The van der Waals surface area contributed by atoms with Gasteiger partial charge in [0, 0.05) is 6.04 Å². The number of hydrogen-bond donors (Lipinski definition) is 1. The Hall–Kier alpha value is -1.10. The van der Waals surface area contributed by atoms with E-state index in [0.717, 1.165) is 0 Å². The van der Waals surface area contributed by atoms with Gasteiger partial charge < -0.3 is 14.6 Å². The van der Waals surface area contributed by atoms with Crippen LogP contribution in [0.4, 0.5) is 4.79 Å². The first-order valence-electron chi connectivity index (χ1n) is 6.31. The summed E-state index contributed by atoms with van der Waals surface area (Å²) in [5, 5.41) is 9.86. The number of nitrogens with zero attached hydrogens (tertiary/aromatic N) is 1. The van der Waals surface area contributed by atoms with E-state index in [1.54, 1.807) is 20.8 Å². The molecule has 1 fully saturated rings. The standard InChI is InChI=1S/C13H23NO4/c1-9-6-7-13(8-15,10(2)16)14(9)11(17)18-12(3,4)5/h8-10,16H,6-7H2,1-5H3. The molecule has 0 aromatic heterocycles. The molecule has 18 heavy (non-hydrogen) atoms. The number of ether oxygens (including phenoxy) is 1. The molecule has 1 rings (SSSR count). The maximum atomic E-state index is 12.2. The van der Waals surface area contributed by atoms with Crippen molar-refractivity contribution in [1.82, 2.24) is 4.90 Å². The van der Waals surface area contributed by atoms with Gasteiger partial charge in [-0.25, -0.2) is 4.79 Å². The van der Waals surface area contributed by atoms with E-state index >= 15 is 0 Å². The lowest BCUT2D eigenvalue weighted by atomic mass is 9.92. The Morgan fingerprint density at radius 2 is 2.11 bits per heavy atom. The van der Waals surface area contributed by atoms with Crippen molar-refractivity contribution in [1.29, 1.82) is 0 Å². The van der Waals surface area contributed by atoms with Gasteiger partial charge in [0.05, 0.1) is 6.10 Å². The second kappa shape index (κ2) is 4.88. The van der Waals surface area contributed by atoms with Crippen molar-refractivity contribution in [3.63, 3.8) is 0 Å². The van der Waals surface area contributed by atoms with Gasteiger partial charge in [-0.05, 0) is 47.5 Å². The predicted molar refractivity (Wildman–Crippen MR) is 67.2 cm³/mol. The summed E-state index contributed by atoms with van der Waals surface area (Å²) in [6.45, 7) is 8.71. The van der Waals surface area contributed by atoms with E-state index in [4.69, 9.17) is 4.74 Å². The van der Waals surface area contributed by atoms with Gasteiger partial charge in [-0.15, -0.1) is 0 Å². The Bertz CT molecular complexity index is 334. The van der Waals surface area contributed by atoms with Crippen LogP contribution in [0, 0.1) is 0 Å². The van der Waals surface area contributed by atoms with E-state index in [0.29, 0.717) is 19.1 Å². The molecule has 3 atom stereocenters. The first kappa shape index (κ1) is 15.0. The van der Waals surface area contributed by atoms with Crippen LogP contribution in [0.3, 0.4) is 0 Å². The molecule has 1 amide bonds. The average Bonchev–Trinajstić information content (AvgIpc) is 2.53. The highest BCUT2D eigenvalue weighted by molar-refractivity contribution is 5.79. The molecule has 5 nitrogen and oxygen atoms in total. The van der Waals surface area contributed by atoms with E-state index in [1.807, 2.05) is 6.92 Å². The largest absolute Gasteiger partial charge is 0.444 e. The summed E-state index contributed by atoms with van der Waals surface area (Å²) < 4.78 is 5.32. The number of likely N-dealkylation sites (tertiary alicyclic amines) is 1. The van der Waals surface area contributed by atoms with E-state index in [9.17, 15) is 14.7 Å². The molecular weight excluding hydrogens is 234 g/mol. The topological polar surface area (TPSA) is 66.8 Å². The molecular formula is C13H23NO4. The molecule has 0 saturated carbocycles. The van der Waals surface area contributed by atoms with Crippen LogP contribution < -0.4 is 0 Å². The van der Waals surface area contributed by atoms with Gasteiger partial charge in [0.2, 0.25) is 0 Å². The molecule has 1 heterocycles. The third kappa shape index (κ3) is 2.66. The second-order valence-electron chi connectivity index (χ2n) is 6.02. The number of aldehydes is 1. The molecule has 0 spiro atoms. The van der Waals surface area contributed by atoms with Crippen molar-refractivity contribution in [3.05, 3.63) is 0 Å². The Kier molecular flexibility index (Phi) is 4.05. The average molecular weight is 257 g/mol. The van der Waals surface area contributed by atoms with Crippen LogP contribution in [0.1, 0.15) is 47.5 Å². The summed E-state index contributed by atoms with van der Waals surface area (Å²) >= 11 is 0. The van der Waals surface area contributed by atoms with E-state index in [2.05, 4.69) is 0 Å². The van der Waals surface area contributed by atoms with Crippen LogP contribution in [-0.2, 0) is 9.53 Å². The number of carbonyl (C=O) groups is 2. The summed E-state index contributed by atoms with van der Waals surface area (Å²) in [4.78, 5) is 25.0. The summed E-state index contributed by atoms with van der Waals surface area (Å²) in [5.41, 5.74) is -1.77. The Morgan fingerprint density at radius 1 is 1.56 bits per heavy atom. The first-order valence-corrected chi connectivity index (χ1v) is 6.31. The summed E-state index contributed by atoms with van der Waals surface area (Å²) in [7, 11) is 0. The molecule has 0 radical (unpaired) electrons. The van der Waals surface area contributed by atoms with Crippen LogP contribution >= 0.6 is 0 Å². The molecule has 5 heteroatoms. The van der Waals surface area contributed by atoms with Crippen molar-refractivity contribution in [3.8, 4) is 0 Å². The third-order valence-corrected chi connectivity index (χ3v) is 3.37. The molecule has 104 valence electrons. The molecule has 0 aromatic rings. The van der Waals surface area contributed by atoms with Crippen LogP contribution in [0.15, 0.2) is 0 Å². The first-order chi connectivity index (χ1) is 8.14. The zero-order valence-corrected chi connectivity index (χ0v) is 11.8. The minimum atomic E-state index is -1.15. The lowest BCUT2D eigenvalue weighted by molar-refractivity contribution is -0.124. The summed E-state index contributed by atoms with van der Waals surface area (Å²) in [5.74, 6) is 0. The van der Waals surface area contributed by atoms with Gasteiger partial charge in [-0.3, -0.25) is 4.90 Å². The maximum Gasteiger partial charge on any atom is 0.411 e. The highest BCUT2D eigenvalue weighted by Gasteiger charge is 2.52. The Balaban J connectivity index is 3.02. The molecule has 1 aliphatic rings. The number of rotatable bonds is 2. The number of hydrogen-bond acceptors (Lipinski definition) is 4. The van der Waals surface area contributed by atoms with Gasteiger partial charge in [0.1, 0.15) is 17.4 Å². The molecule has 1 saturated heterocycles. The summed E-state index contributed by atoms with van der Waals surface area (Å²) in [6, 6.07) is -0.111. The molecule has 0 bridgehead atoms. The zero-order valence-electron chi connectivity index (χ0n) is 11.8. The maximum absolute atomic E-state index is 12.2. The fourth-order valence-electron chi connectivity index (χ4n) is 2.39. The number of aliphatic hydroxyl groups is 1. The summed E-state index contributed by atoms with van der Waals surface area (Å²) in [6.07, 6.45) is 0.371. The quantitative estimate of drug-likeness (QED) is 0.765. The number of carbonyl (C=O) groups excluding carboxylic acids is 2. The smallest absolute Gasteiger partial charge is 0.411 e. The van der Waals surface area contributed by atoms with Gasteiger partial charge in [-0.1, -0.05) is 0 Å². The lowest BCUT2D eigenvalue weighted by Gasteiger charge is -2.39. The van der Waals surface area contributed by atoms with Crippen molar-refractivity contribution in [2.24, 2.45) is 0 Å². The molecule has 0 aromatic carbocycles. The van der Waals surface area contributed by atoms with Crippen LogP contribution in [-0.4, -0.2) is 45.7 Å². The monoisotopic (exact) mass is 257 g/mol. The third-order valence-electron chi connectivity index (χ3n) is 3.37. The van der Waals surface area contributed by atoms with Crippen LogP contribution in [0.25, 0.3) is 0 Å². The number of aliphatic hydroxyl groups excluding tert-OH is 1. The molecule has 1 aliphatic heterocycles. The fourth-order valence-corrected chi connectivity index (χ4v) is 2.39. The molecule has 3 unspecified atom stereocenters. The van der Waals surface area contributed by atoms with E-state index < -0.39 is 23.3 Å². The highest BCUT2D eigenvalue weighted by atomic mass is 16.6. The van der Waals surface area contributed by atoms with Crippen molar-refractivity contribution >= 4 is 12.4 Å². The van der Waals surface area contributed by atoms with Gasteiger partial charge in [0.25, 0.3) is 0 Å². The zero-order chi connectivity index (χ0) is 14.1. The SMILES string of the molecule is CC1CCC(C=O)(C(C)O)N1C(=O)OC(C)(C)C. The molecule has 0 aliphatic carbocycles. The van der Waals surface area contributed by atoms with E-state index in [-0.39, 0.29) is 6.04 Å². The Labute approximate surface area is 108 Å². The Morgan fingerprint density at radius 3 is 2.50 bits per heavy atom. The van der Waals surface area contributed by atoms with Crippen molar-refractivity contribution in [2.75, 3.05) is 0 Å². The fraction of sp³-hybridized carbons (Fsp3) is 0.846. The second-order valence-corrected chi connectivity index (χ2v) is 6.02. The van der Waals surface area contributed by atoms with Crippen molar-refractivity contribution < 1.29 is 19.4 Å². The minimum absolute atomic E-state index is 0.111. The van der Waals surface area contributed by atoms with Gasteiger partial charge in [0.15, 0.2) is 0 Å². The molecule has 1 N–H and O–H groups in total. The normalized spacial score (nSPS) is 30.1. The predicted octanol–water partition coefficient (Wildman–Crippen LogP) is 1.72. The van der Waals surface area contributed by atoms with Crippen LogP contribution in [0.5, 0.6) is 0 Å². The van der Waals surface area contributed by atoms with Gasteiger partial charge >= 0.3 is 6.09 Å². The van der Waals surface area contributed by atoms with E-state index in [1.165, 1.54) is 11.8 Å². The number of amides is 1. The minimum Gasteiger partial charge on any atom is -0.444 e. The van der Waals surface area contributed by atoms with Gasteiger partial charge in [-0.2, -0.15) is 0 Å². The van der Waals surface area contributed by atoms with Crippen molar-refractivity contribution in [2.45, 2.75) is 70.7 Å².